The topological polar surface area (TPSA) is 42.4 Å². The number of piperidine rings is 3. The van der Waals surface area contributed by atoms with Crippen molar-refractivity contribution < 1.29 is 23.1 Å². The molecule has 3 fully saturated rings. The summed E-state index contributed by atoms with van der Waals surface area (Å²) in [4.78, 5) is 4.47. The van der Waals surface area contributed by atoms with Gasteiger partial charge in [0, 0.05) is 30.3 Å². The maximum Gasteiger partial charge on any atom is 0.138 e. The Kier molecular flexibility index (Phi) is 6.38. The van der Waals surface area contributed by atoms with Gasteiger partial charge in [-0.2, -0.15) is 0 Å². The van der Waals surface area contributed by atoms with Crippen LogP contribution in [-0.4, -0.2) is 40.8 Å². The number of pyridine rings is 1. The van der Waals surface area contributed by atoms with E-state index in [1.165, 1.54) is 0 Å². The van der Waals surface area contributed by atoms with E-state index in [0.717, 1.165) is 35.9 Å². The zero-order chi connectivity index (χ0) is 25.8. The van der Waals surface area contributed by atoms with Crippen molar-refractivity contribution in [2.45, 2.75) is 52.3 Å². The third-order valence-electron chi connectivity index (χ3n) is 9.13. The summed E-state index contributed by atoms with van der Waals surface area (Å²) >= 11 is 0. The fourth-order valence-corrected chi connectivity index (χ4v) is 6.73. The number of methoxy groups -OCH3 is 1. The molecule has 3 aliphatic heterocycles. The van der Waals surface area contributed by atoms with E-state index in [2.05, 4.69) is 11.6 Å². The molecule has 0 radical (unpaired) electrons. The number of fused-ring (bicyclic) bond motifs is 4. The van der Waals surface area contributed by atoms with E-state index >= 15 is 8.78 Å². The fraction of sp³-hybridized carbons (Fsp3) is 0.433. The molecule has 0 spiro atoms. The minimum Gasteiger partial charge on any atom is -0.497 e. The molecule has 190 valence electrons. The van der Waals surface area contributed by atoms with Crippen molar-refractivity contribution >= 4 is 10.9 Å². The van der Waals surface area contributed by atoms with E-state index < -0.39 is 17.7 Å². The second-order valence-corrected chi connectivity index (χ2v) is 10.7. The summed E-state index contributed by atoms with van der Waals surface area (Å²) in [6, 6.07) is 7.31. The Labute approximate surface area is 211 Å². The van der Waals surface area contributed by atoms with Gasteiger partial charge in [0.05, 0.1) is 31.3 Å². The lowest BCUT2D eigenvalue weighted by molar-refractivity contribution is -0.985. The first-order chi connectivity index (χ1) is 17.2. The van der Waals surface area contributed by atoms with E-state index in [4.69, 9.17) is 4.74 Å². The summed E-state index contributed by atoms with van der Waals surface area (Å²) in [6.07, 6.45) is 4.63. The second kappa shape index (κ2) is 9.24. The number of aliphatic hydroxyl groups excluding tert-OH is 1. The van der Waals surface area contributed by atoms with Gasteiger partial charge in [0.1, 0.15) is 36.1 Å². The average molecular weight is 494 g/mol. The molecule has 2 aromatic carbocycles. The summed E-state index contributed by atoms with van der Waals surface area (Å²) in [7, 11) is 1.61. The molecule has 0 saturated carbocycles. The summed E-state index contributed by atoms with van der Waals surface area (Å²) in [5.74, 6) is 0.438. The summed E-state index contributed by atoms with van der Waals surface area (Å²) in [6.45, 7) is 11.0. The minimum atomic E-state index is -0.810. The van der Waals surface area contributed by atoms with Gasteiger partial charge in [-0.05, 0) is 73.2 Å². The van der Waals surface area contributed by atoms with Crippen molar-refractivity contribution in [2.75, 3.05) is 20.2 Å². The summed E-state index contributed by atoms with van der Waals surface area (Å²) in [5.41, 5.74) is 3.35. The number of hydrogen-bond acceptors (Lipinski definition) is 3. The van der Waals surface area contributed by atoms with E-state index in [0.29, 0.717) is 39.4 Å². The van der Waals surface area contributed by atoms with E-state index in [9.17, 15) is 5.11 Å². The van der Waals surface area contributed by atoms with Crippen LogP contribution in [0.15, 0.2) is 43.1 Å². The van der Waals surface area contributed by atoms with Crippen LogP contribution < -0.4 is 4.74 Å². The lowest BCUT2D eigenvalue weighted by atomic mass is 9.71. The Morgan fingerprint density at radius 3 is 2.56 bits per heavy atom. The van der Waals surface area contributed by atoms with Crippen molar-refractivity contribution in [2.24, 2.45) is 11.8 Å². The molecule has 3 aromatic rings. The number of aromatic nitrogens is 1. The van der Waals surface area contributed by atoms with Gasteiger partial charge in [0.15, 0.2) is 0 Å². The molecule has 6 heteroatoms. The highest BCUT2D eigenvalue weighted by molar-refractivity contribution is 5.83. The number of ether oxygens (including phenoxy) is 1. The third-order valence-corrected chi connectivity index (χ3v) is 9.13. The predicted octanol–water partition coefficient (Wildman–Crippen LogP) is 6.09. The molecule has 36 heavy (non-hydrogen) atoms. The van der Waals surface area contributed by atoms with Crippen LogP contribution in [0.1, 0.15) is 46.8 Å². The second-order valence-electron chi connectivity index (χ2n) is 10.7. The highest BCUT2D eigenvalue weighted by Gasteiger charge is 2.54. The largest absolute Gasteiger partial charge is 0.497 e. The standard InChI is InChI=1S/C30H35F2N2O2/c1-6-20-15-34(16-25-28(31)18(3)17(2)19(4)29(25)32)12-10-21(20)13-27(34)30(35)23-9-11-33-26-8-7-22(36-5)14-24(23)26/h6-9,11,14,20-21,27,30,35H,1,10,12-13,15-16H2,2-5H3/q+1. The van der Waals surface area contributed by atoms with Gasteiger partial charge in [0.2, 0.25) is 0 Å². The third kappa shape index (κ3) is 3.82. The van der Waals surface area contributed by atoms with Crippen LogP contribution in [0.2, 0.25) is 0 Å². The van der Waals surface area contributed by atoms with Gasteiger partial charge in [-0.15, -0.1) is 6.58 Å². The molecular weight excluding hydrogens is 458 g/mol. The molecule has 5 unspecified atom stereocenters. The zero-order valence-electron chi connectivity index (χ0n) is 21.5. The van der Waals surface area contributed by atoms with Crippen molar-refractivity contribution in [1.82, 2.24) is 4.98 Å². The molecule has 0 aliphatic carbocycles. The summed E-state index contributed by atoms with van der Waals surface area (Å²) < 4.78 is 37.0. The first kappa shape index (κ1) is 24.8. The molecule has 1 aromatic heterocycles. The van der Waals surface area contributed by atoms with Crippen LogP contribution in [0.3, 0.4) is 0 Å². The normalized spacial score (nSPS) is 26.2. The molecule has 3 aliphatic rings. The van der Waals surface area contributed by atoms with Gasteiger partial charge in [-0.3, -0.25) is 4.98 Å². The molecule has 4 nitrogen and oxygen atoms in total. The Morgan fingerprint density at radius 2 is 1.89 bits per heavy atom. The van der Waals surface area contributed by atoms with Gasteiger partial charge in [-0.25, -0.2) is 8.78 Å². The average Bonchev–Trinajstić information content (AvgIpc) is 2.92. The lowest BCUT2D eigenvalue weighted by Gasteiger charge is -2.58. The van der Waals surface area contributed by atoms with Gasteiger partial charge >= 0.3 is 0 Å². The monoisotopic (exact) mass is 493 g/mol. The van der Waals surface area contributed by atoms with E-state index in [1.807, 2.05) is 30.3 Å². The van der Waals surface area contributed by atoms with Crippen LogP contribution in [0.5, 0.6) is 5.75 Å². The van der Waals surface area contributed by atoms with Crippen LogP contribution in [0.4, 0.5) is 8.78 Å². The molecule has 5 atom stereocenters. The number of aliphatic hydroxyl groups is 1. The Balaban J connectivity index is 1.62. The van der Waals surface area contributed by atoms with Crippen molar-refractivity contribution in [3.05, 3.63) is 82.6 Å². The molecule has 6 rings (SSSR count). The van der Waals surface area contributed by atoms with Gasteiger partial charge in [-0.1, -0.05) is 6.08 Å². The molecule has 4 heterocycles. The van der Waals surface area contributed by atoms with Crippen molar-refractivity contribution in [3.63, 3.8) is 0 Å². The predicted molar refractivity (Wildman–Crippen MR) is 138 cm³/mol. The number of quaternary nitrogens is 1. The number of rotatable bonds is 6. The SMILES string of the molecule is C=CC1C[N+]2(Cc3c(F)c(C)c(C)c(C)c3F)CCC1CC2C(O)c1ccnc2ccc(OC)cc12. The number of halogens is 2. The highest BCUT2D eigenvalue weighted by atomic mass is 19.1. The smallest absolute Gasteiger partial charge is 0.138 e. The number of nitrogens with zero attached hydrogens (tertiary/aromatic N) is 2. The van der Waals surface area contributed by atoms with Crippen LogP contribution in [0, 0.1) is 44.2 Å². The molecule has 3 saturated heterocycles. The number of benzene rings is 2. The Hall–Kier alpha value is -2.83. The quantitative estimate of drug-likeness (QED) is 0.334. The first-order valence-corrected chi connectivity index (χ1v) is 12.7. The molecule has 0 amide bonds. The molecule has 2 bridgehead atoms. The van der Waals surface area contributed by atoms with Crippen LogP contribution >= 0.6 is 0 Å². The Morgan fingerprint density at radius 1 is 1.17 bits per heavy atom. The molecule has 1 N–H and O–H groups in total. The van der Waals surface area contributed by atoms with Crippen LogP contribution in [-0.2, 0) is 6.54 Å². The lowest BCUT2D eigenvalue weighted by Crippen LogP contribution is -2.67. The number of hydrogen-bond donors (Lipinski definition) is 1. The highest BCUT2D eigenvalue weighted by Crippen LogP contribution is 2.48. The molecular formula is C30H35F2N2O2+. The maximum atomic E-state index is 15.5. The van der Waals surface area contributed by atoms with E-state index in [-0.39, 0.29) is 24.1 Å². The summed E-state index contributed by atoms with van der Waals surface area (Å²) in [5, 5.41) is 12.8. The van der Waals surface area contributed by atoms with Gasteiger partial charge in [0.25, 0.3) is 0 Å². The zero-order valence-corrected chi connectivity index (χ0v) is 21.5. The Bertz CT molecular complexity index is 1310. The van der Waals surface area contributed by atoms with Crippen molar-refractivity contribution in [3.8, 4) is 5.75 Å². The van der Waals surface area contributed by atoms with Gasteiger partial charge < -0.3 is 14.3 Å². The van der Waals surface area contributed by atoms with Crippen LogP contribution in [0.25, 0.3) is 10.9 Å². The maximum absolute atomic E-state index is 15.5. The van der Waals surface area contributed by atoms with E-state index in [1.54, 1.807) is 34.1 Å². The van der Waals surface area contributed by atoms with Crippen molar-refractivity contribution in [1.29, 1.82) is 0 Å². The first-order valence-electron chi connectivity index (χ1n) is 12.7. The fourth-order valence-electron chi connectivity index (χ4n) is 6.73. The minimum absolute atomic E-state index is 0.136.